The normalized spacial score (nSPS) is 19.7. The van der Waals surface area contributed by atoms with Crippen LogP contribution in [0.4, 0.5) is 4.79 Å². The molecule has 0 spiro atoms. The van der Waals surface area contributed by atoms with Gasteiger partial charge in [-0.25, -0.2) is 4.79 Å². The van der Waals surface area contributed by atoms with Gasteiger partial charge in [-0.3, -0.25) is 0 Å². The lowest BCUT2D eigenvalue weighted by Crippen LogP contribution is -2.48. The smallest absolute Gasteiger partial charge is 0.317 e. The molecular formula is C15H31N5O3. The minimum atomic E-state index is -0.336. The average Bonchev–Trinajstić information content (AvgIpc) is 2.82. The summed E-state index contributed by atoms with van der Waals surface area (Å²) in [6, 6.07) is -0.118. The van der Waals surface area contributed by atoms with E-state index in [1.165, 1.54) is 0 Å². The lowest BCUT2D eigenvalue weighted by molar-refractivity contribution is -0.725. The van der Waals surface area contributed by atoms with Crippen molar-refractivity contribution >= 4 is 6.03 Å². The number of nitrogens with zero attached hydrogens (tertiary/aromatic N) is 4. The predicted octanol–water partition coefficient (Wildman–Crippen LogP) is 2.50. The Labute approximate surface area is 139 Å². The van der Waals surface area contributed by atoms with Crippen molar-refractivity contribution in [3.8, 4) is 0 Å². The first-order chi connectivity index (χ1) is 10.4. The monoisotopic (exact) mass is 329 g/mol. The Kier molecular flexibility index (Phi) is 6.07. The van der Waals surface area contributed by atoms with Crippen LogP contribution in [0.25, 0.3) is 0 Å². The van der Waals surface area contributed by atoms with Crippen LogP contribution in [0.15, 0.2) is 5.28 Å². The van der Waals surface area contributed by atoms with Gasteiger partial charge in [0.25, 0.3) is 0 Å². The van der Waals surface area contributed by atoms with Crippen LogP contribution >= 0.6 is 0 Å². The van der Waals surface area contributed by atoms with Crippen molar-refractivity contribution in [1.82, 2.24) is 15.2 Å². The van der Waals surface area contributed by atoms with Gasteiger partial charge in [0, 0.05) is 18.5 Å². The van der Waals surface area contributed by atoms with Gasteiger partial charge >= 0.3 is 6.03 Å². The van der Waals surface area contributed by atoms with E-state index in [0.717, 1.165) is 0 Å². The minimum Gasteiger partial charge on any atom is -0.569 e. The van der Waals surface area contributed by atoms with Gasteiger partial charge in [0.2, 0.25) is 5.28 Å². The van der Waals surface area contributed by atoms with Crippen LogP contribution in [-0.4, -0.2) is 57.7 Å². The van der Waals surface area contributed by atoms with Crippen molar-refractivity contribution in [2.75, 3.05) is 19.6 Å². The third-order valence-electron chi connectivity index (χ3n) is 3.46. The third kappa shape index (κ3) is 6.11. The molecular weight excluding hydrogens is 298 g/mol. The Bertz CT molecular complexity index is 439. The zero-order chi connectivity index (χ0) is 17.8. The largest absolute Gasteiger partial charge is 0.569 e. The number of amides is 2. The third-order valence-corrected chi connectivity index (χ3v) is 3.46. The van der Waals surface area contributed by atoms with Crippen LogP contribution in [0.5, 0.6) is 0 Å². The molecule has 1 fully saturated rings. The maximum Gasteiger partial charge on any atom is 0.317 e. The molecule has 1 atom stereocenters. The first-order valence-electron chi connectivity index (χ1n) is 8.12. The second kappa shape index (κ2) is 7.23. The molecule has 1 rings (SSSR count). The summed E-state index contributed by atoms with van der Waals surface area (Å²) in [4.78, 5) is 19.6. The zero-order valence-electron chi connectivity index (χ0n) is 15.4. The second-order valence-electron chi connectivity index (χ2n) is 7.86. The van der Waals surface area contributed by atoms with Crippen LogP contribution < -0.4 is 5.32 Å². The summed E-state index contributed by atoms with van der Waals surface area (Å²) in [5.74, 6) is 0. The summed E-state index contributed by atoms with van der Waals surface area (Å²) in [6.07, 6.45) is 0.409. The summed E-state index contributed by atoms with van der Waals surface area (Å²) < 4.78 is 0. The van der Waals surface area contributed by atoms with Crippen molar-refractivity contribution in [1.29, 1.82) is 0 Å². The summed E-state index contributed by atoms with van der Waals surface area (Å²) >= 11 is 0. The Morgan fingerprint density at radius 3 is 2.48 bits per heavy atom. The fraction of sp³-hybridized carbons (Fsp3) is 0.933. The zero-order valence-corrected chi connectivity index (χ0v) is 15.4. The van der Waals surface area contributed by atoms with Gasteiger partial charge in [0.15, 0.2) is 6.10 Å². The number of rotatable bonds is 4. The molecule has 1 N–H and O–H groups in total. The van der Waals surface area contributed by atoms with Gasteiger partial charge in [-0.15, -0.1) is 5.01 Å². The Hall–Kier alpha value is -1.73. The van der Waals surface area contributed by atoms with Gasteiger partial charge < -0.3 is 20.3 Å². The second-order valence-corrected chi connectivity index (χ2v) is 7.86. The summed E-state index contributed by atoms with van der Waals surface area (Å²) in [5.41, 5.74) is -0.613. The van der Waals surface area contributed by atoms with Crippen LogP contribution in [0.3, 0.4) is 0 Å². The molecule has 1 aliphatic heterocycles. The molecule has 1 aliphatic rings. The Balaban J connectivity index is 2.55. The highest BCUT2D eigenvalue weighted by Crippen LogP contribution is 2.16. The number of urea groups is 1. The molecule has 1 heterocycles. The van der Waals surface area contributed by atoms with Gasteiger partial charge in [0.1, 0.15) is 0 Å². The number of carbonyl (C=O) groups excluding carboxylic acids is 1. The van der Waals surface area contributed by atoms with E-state index in [-0.39, 0.29) is 23.2 Å². The molecule has 0 aromatic carbocycles. The Morgan fingerprint density at radius 2 is 2.00 bits per heavy atom. The van der Waals surface area contributed by atoms with E-state index in [4.69, 9.17) is 4.84 Å². The van der Waals surface area contributed by atoms with Crippen molar-refractivity contribution in [2.24, 2.45) is 5.28 Å². The van der Waals surface area contributed by atoms with E-state index in [0.29, 0.717) is 31.0 Å². The lowest BCUT2D eigenvalue weighted by atomic mass is 10.1. The SMILES string of the molecule is CCN(/[N+]([O-])=N\O[C@@H]1CCN(C(=O)NC(C)(C)C)C1)C(C)(C)C. The van der Waals surface area contributed by atoms with E-state index >= 15 is 0 Å². The van der Waals surface area contributed by atoms with Crippen molar-refractivity contribution in [3.63, 3.8) is 0 Å². The molecule has 23 heavy (non-hydrogen) atoms. The maximum atomic E-state index is 12.1. The number of likely N-dealkylation sites (tertiary alicyclic amines) is 1. The number of hydrogen-bond acceptors (Lipinski definition) is 4. The lowest BCUT2D eigenvalue weighted by Gasteiger charge is -2.29. The standard InChI is InChI=1S/C15H31N5O3/c1-8-19(15(5,6)7)20(22)17-23-12-9-10-18(11-12)13(21)16-14(2,3)4/h12H,8-11H2,1-7H3,(H,16,21)/b20-17+/t12-/m1/s1. The highest BCUT2D eigenvalue weighted by Gasteiger charge is 2.31. The number of carbonyl (C=O) groups is 1. The molecule has 0 saturated carbocycles. The molecule has 0 aromatic heterocycles. The first kappa shape index (κ1) is 19.3. The first-order valence-corrected chi connectivity index (χ1v) is 8.12. The van der Waals surface area contributed by atoms with E-state index in [1.807, 2.05) is 48.5 Å². The minimum absolute atomic E-state index is 0.118. The average molecular weight is 329 g/mol. The van der Waals surface area contributed by atoms with Crippen LogP contribution in [-0.2, 0) is 4.84 Å². The molecule has 8 nitrogen and oxygen atoms in total. The van der Waals surface area contributed by atoms with Crippen LogP contribution in [0, 0.1) is 5.21 Å². The van der Waals surface area contributed by atoms with E-state index in [1.54, 1.807) is 9.91 Å². The summed E-state index contributed by atoms with van der Waals surface area (Å²) in [6.45, 7) is 15.1. The molecule has 0 aliphatic carbocycles. The number of hydrazine groups is 1. The molecule has 0 aromatic rings. The fourth-order valence-corrected chi connectivity index (χ4v) is 2.40. The van der Waals surface area contributed by atoms with Crippen molar-refractivity contribution in [2.45, 2.75) is 72.1 Å². The summed E-state index contributed by atoms with van der Waals surface area (Å²) in [7, 11) is 0. The fourth-order valence-electron chi connectivity index (χ4n) is 2.40. The molecule has 2 amide bonds. The van der Waals surface area contributed by atoms with Crippen LogP contribution in [0.2, 0.25) is 0 Å². The van der Waals surface area contributed by atoms with Gasteiger partial charge in [-0.2, -0.15) is 0 Å². The van der Waals surface area contributed by atoms with E-state index in [9.17, 15) is 10.0 Å². The van der Waals surface area contributed by atoms with Gasteiger partial charge in [-0.05, 0) is 48.5 Å². The van der Waals surface area contributed by atoms with Gasteiger partial charge in [0.05, 0.1) is 23.6 Å². The molecule has 0 unspecified atom stereocenters. The van der Waals surface area contributed by atoms with E-state index in [2.05, 4.69) is 10.6 Å². The van der Waals surface area contributed by atoms with Crippen molar-refractivity contribution in [3.05, 3.63) is 5.21 Å². The van der Waals surface area contributed by atoms with Crippen molar-refractivity contribution < 1.29 is 14.6 Å². The van der Waals surface area contributed by atoms with Crippen LogP contribution in [0.1, 0.15) is 54.9 Å². The highest BCUT2D eigenvalue weighted by molar-refractivity contribution is 5.75. The molecule has 0 radical (unpaired) electrons. The molecule has 8 heteroatoms. The topological polar surface area (TPSA) is 83.2 Å². The quantitative estimate of drug-likeness (QED) is 0.488. The number of hydrogen-bond donors (Lipinski definition) is 1. The Morgan fingerprint density at radius 1 is 1.39 bits per heavy atom. The predicted molar refractivity (Wildman–Crippen MR) is 87.5 cm³/mol. The molecule has 0 bridgehead atoms. The highest BCUT2D eigenvalue weighted by atomic mass is 16.7. The molecule has 134 valence electrons. The summed E-state index contributed by atoms with van der Waals surface area (Å²) in [5, 5.41) is 20.2. The molecule has 1 saturated heterocycles. The maximum absolute atomic E-state index is 12.1. The van der Waals surface area contributed by atoms with E-state index < -0.39 is 0 Å². The van der Waals surface area contributed by atoms with Gasteiger partial charge in [-0.1, -0.05) is 0 Å². The number of nitrogens with one attached hydrogen (secondary N) is 1.